The number of carbonyl (C=O) groups is 1. The Bertz CT molecular complexity index is 600. The number of aliphatic hydroxyl groups is 4. The maximum atomic E-state index is 11.3. The van der Waals surface area contributed by atoms with Crippen molar-refractivity contribution in [1.82, 2.24) is 0 Å². The number of halogens is 1. The topological polar surface area (TPSA) is 137 Å². The summed E-state index contributed by atoms with van der Waals surface area (Å²) in [4.78, 5) is 11.3. The van der Waals surface area contributed by atoms with Crippen LogP contribution in [0.4, 0.5) is 0 Å². The predicted molar refractivity (Wildman–Crippen MR) is 84.6 cm³/mol. The summed E-state index contributed by atoms with van der Waals surface area (Å²) >= 11 is 3.26. The van der Waals surface area contributed by atoms with Crippen LogP contribution >= 0.6 is 15.9 Å². The number of hydrogen-bond acceptors (Lipinski definition) is 7. The lowest BCUT2D eigenvalue weighted by molar-refractivity contribution is -0.291. The lowest BCUT2D eigenvalue weighted by Gasteiger charge is -2.39. The van der Waals surface area contributed by atoms with Gasteiger partial charge in [0, 0.05) is 4.47 Å². The van der Waals surface area contributed by atoms with Gasteiger partial charge in [-0.05, 0) is 23.8 Å². The monoisotopic (exact) mass is 404 g/mol. The number of aliphatic hydroxyl groups excluding tert-OH is 4. The van der Waals surface area contributed by atoms with Gasteiger partial charge in [-0.3, -0.25) is 0 Å². The molecule has 9 heteroatoms. The highest BCUT2D eigenvalue weighted by atomic mass is 79.9. The van der Waals surface area contributed by atoms with Crippen molar-refractivity contribution < 1.29 is 39.8 Å². The van der Waals surface area contributed by atoms with Gasteiger partial charge in [0.05, 0.1) is 6.61 Å². The molecule has 1 aliphatic heterocycles. The van der Waals surface area contributed by atoms with Crippen LogP contribution in [0.5, 0.6) is 0 Å². The number of carboxylic acids is 1. The van der Waals surface area contributed by atoms with Gasteiger partial charge in [0.25, 0.3) is 0 Å². The molecule has 5 atom stereocenters. The molecule has 0 spiro atoms. The Kier molecular flexibility index (Phi) is 6.33. The van der Waals surface area contributed by atoms with Crippen molar-refractivity contribution in [3.05, 3.63) is 40.1 Å². The first kappa shape index (κ1) is 18.8. The highest BCUT2D eigenvalue weighted by Gasteiger charge is 2.45. The van der Waals surface area contributed by atoms with Crippen LogP contribution in [-0.2, 0) is 14.3 Å². The van der Waals surface area contributed by atoms with E-state index >= 15 is 0 Å². The molecule has 1 aliphatic rings. The van der Waals surface area contributed by atoms with Gasteiger partial charge in [0.1, 0.15) is 24.4 Å². The average molecular weight is 405 g/mol. The minimum Gasteiger partial charge on any atom is -0.475 e. The Morgan fingerprint density at radius 2 is 1.79 bits per heavy atom. The zero-order chi connectivity index (χ0) is 17.9. The fraction of sp³-hybridized carbons (Fsp3) is 0.400. The number of ether oxygens (including phenoxy) is 2. The molecule has 0 amide bonds. The van der Waals surface area contributed by atoms with Crippen molar-refractivity contribution >= 4 is 28.0 Å². The second kappa shape index (κ2) is 8.06. The van der Waals surface area contributed by atoms with Gasteiger partial charge < -0.3 is 35.0 Å². The summed E-state index contributed by atoms with van der Waals surface area (Å²) in [6, 6.07) is 6.70. The standard InChI is InChI=1S/C15H17BrO8/c16-8-3-1-7(2-4-8)5-9(14(21)22)23-15-13(20)12(19)11(18)10(6-17)24-15/h1-5,10-13,15,17-20H,6H2,(H,21,22)/b9-5+/t10-,11-,12-,13+,15-/m0/s1. The Morgan fingerprint density at radius 1 is 1.17 bits per heavy atom. The third-order valence-corrected chi connectivity index (χ3v) is 4.00. The molecule has 1 heterocycles. The first-order chi connectivity index (χ1) is 11.3. The molecule has 2 rings (SSSR count). The van der Waals surface area contributed by atoms with E-state index in [0.29, 0.717) is 5.56 Å². The summed E-state index contributed by atoms with van der Waals surface area (Å²) in [7, 11) is 0. The largest absolute Gasteiger partial charge is 0.475 e. The van der Waals surface area contributed by atoms with Crippen LogP contribution in [0.2, 0.25) is 0 Å². The van der Waals surface area contributed by atoms with Crippen LogP contribution in [0.25, 0.3) is 6.08 Å². The molecule has 8 nitrogen and oxygen atoms in total. The molecular formula is C15H17BrO8. The fourth-order valence-electron chi connectivity index (χ4n) is 2.15. The lowest BCUT2D eigenvalue weighted by atomic mass is 9.99. The van der Waals surface area contributed by atoms with E-state index in [9.17, 15) is 25.2 Å². The quantitative estimate of drug-likeness (QED) is 0.333. The predicted octanol–water partition coefficient (Wildman–Crippen LogP) is -0.309. The summed E-state index contributed by atoms with van der Waals surface area (Å²) in [6.45, 7) is -0.635. The average Bonchev–Trinajstić information content (AvgIpc) is 2.56. The third-order valence-electron chi connectivity index (χ3n) is 3.47. The van der Waals surface area contributed by atoms with Crippen molar-refractivity contribution in [2.45, 2.75) is 30.7 Å². The highest BCUT2D eigenvalue weighted by molar-refractivity contribution is 9.10. The molecule has 1 aromatic rings. The molecule has 0 saturated carbocycles. The molecule has 1 aromatic carbocycles. The Morgan fingerprint density at radius 3 is 2.33 bits per heavy atom. The molecule has 0 radical (unpaired) electrons. The van der Waals surface area contributed by atoms with E-state index in [4.69, 9.17) is 14.6 Å². The van der Waals surface area contributed by atoms with E-state index in [0.717, 1.165) is 4.47 Å². The fourth-order valence-corrected chi connectivity index (χ4v) is 2.41. The zero-order valence-electron chi connectivity index (χ0n) is 12.3. The molecule has 1 saturated heterocycles. The molecule has 5 N–H and O–H groups in total. The second-order valence-corrected chi connectivity index (χ2v) is 6.10. The normalized spacial score (nSPS) is 30.9. The molecule has 132 valence electrons. The smallest absolute Gasteiger partial charge is 0.371 e. The minimum atomic E-state index is -1.68. The van der Waals surface area contributed by atoms with Crippen LogP contribution in [-0.4, -0.2) is 68.8 Å². The highest BCUT2D eigenvalue weighted by Crippen LogP contribution is 2.24. The third kappa shape index (κ3) is 4.32. The summed E-state index contributed by atoms with van der Waals surface area (Å²) in [5.41, 5.74) is 0.528. The van der Waals surface area contributed by atoms with E-state index in [1.165, 1.54) is 6.08 Å². The van der Waals surface area contributed by atoms with Crippen molar-refractivity contribution in [3.8, 4) is 0 Å². The Balaban J connectivity index is 2.20. The lowest BCUT2D eigenvalue weighted by Crippen LogP contribution is -2.59. The molecule has 0 unspecified atom stereocenters. The van der Waals surface area contributed by atoms with Crippen molar-refractivity contribution in [2.24, 2.45) is 0 Å². The number of aliphatic carboxylic acids is 1. The molecule has 0 aliphatic carbocycles. The summed E-state index contributed by atoms with van der Waals surface area (Å²) in [5.74, 6) is -1.93. The molecular weight excluding hydrogens is 388 g/mol. The van der Waals surface area contributed by atoms with Crippen LogP contribution in [0.15, 0.2) is 34.5 Å². The first-order valence-corrected chi connectivity index (χ1v) is 7.80. The van der Waals surface area contributed by atoms with E-state index < -0.39 is 49.0 Å². The van der Waals surface area contributed by atoms with Crippen molar-refractivity contribution in [1.29, 1.82) is 0 Å². The van der Waals surface area contributed by atoms with E-state index in [1.54, 1.807) is 24.3 Å². The number of benzene rings is 1. The molecule has 0 aromatic heterocycles. The zero-order valence-corrected chi connectivity index (χ0v) is 13.9. The van der Waals surface area contributed by atoms with E-state index in [1.807, 2.05) is 0 Å². The Hall–Kier alpha value is -1.49. The Labute approximate surface area is 145 Å². The van der Waals surface area contributed by atoms with Gasteiger partial charge in [-0.25, -0.2) is 4.79 Å². The maximum Gasteiger partial charge on any atom is 0.371 e. The van der Waals surface area contributed by atoms with Crippen molar-refractivity contribution in [2.75, 3.05) is 6.61 Å². The van der Waals surface area contributed by atoms with E-state index in [2.05, 4.69) is 15.9 Å². The number of rotatable bonds is 5. The van der Waals surface area contributed by atoms with Crippen molar-refractivity contribution in [3.63, 3.8) is 0 Å². The van der Waals surface area contributed by atoms with Gasteiger partial charge in [-0.15, -0.1) is 0 Å². The molecule has 24 heavy (non-hydrogen) atoms. The summed E-state index contributed by atoms with van der Waals surface area (Å²) in [6.07, 6.45) is -6.40. The maximum absolute atomic E-state index is 11.3. The van der Waals surface area contributed by atoms with Gasteiger partial charge in [0.15, 0.2) is 0 Å². The van der Waals surface area contributed by atoms with Crippen LogP contribution in [0, 0.1) is 0 Å². The number of hydrogen-bond donors (Lipinski definition) is 5. The molecule has 1 fully saturated rings. The van der Waals surface area contributed by atoms with Gasteiger partial charge in [0.2, 0.25) is 12.0 Å². The van der Waals surface area contributed by atoms with Crippen LogP contribution in [0.1, 0.15) is 5.56 Å². The van der Waals surface area contributed by atoms with Gasteiger partial charge >= 0.3 is 5.97 Å². The minimum absolute atomic E-state index is 0.526. The SMILES string of the molecule is O=C(O)/C(=C\c1ccc(Br)cc1)O[C@H]1O[C@@H](CO)[C@H](O)[C@H](O)[C@H]1O. The first-order valence-electron chi connectivity index (χ1n) is 7.01. The summed E-state index contributed by atoms with van der Waals surface area (Å²) in [5, 5.41) is 47.6. The second-order valence-electron chi connectivity index (χ2n) is 5.18. The molecule has 0 bridgehead atoms. The summed E-state index contributed by atoms with van der Waals surface area (Å²) < 4.78 is 11.1. The van der Waals surface area contributed by atoms with E-state index in [-0.39, 0.29) is 0 Å². The number of carboxylic acid groups (broad SMARTS) is 1. The van der Waals surface area contributed by atoms with Crippen LogP contribution < -0.4 is 0 Å². The van der Waals surface area contributed by atoms with Gasteiger partial charge in [-0.2, -0.15) is 0 Å². The van der Waals surface area contributed by atoms with Gasteiger partial charge in [-0.1, -0.05) is 28.1 Å². The van der Waals surface area contributed by atoms with Crippen LogP contribution in [0.3, 0.4) is 0 Å².